The first-order valence-electron chi connectivity index (χ1n) is 8.19. The van der Waals surface area contributed by atoms with E-state index in [9.17, 15) is 14.7 Å². The Morgan fingerprint density at radius 1 is 1.13 bits per heavy atom. The predicted octanol–water partition coefficient (Wildman–Crippen LogP) is 1.55. The van der Waals surface area contributed by atoms with Crippen LogP contribution >= 0.6 is 0 Å². The molecule has 1 aromatic carbocycles. The lowest BCUT2D eigenvalue weighted by molar-refractivity contribution is -0.139. The average Bonchev–Trinajstić information content (AvgIpc) is 3.37. The van der Waals surface area contributed by atoms with E-state index >= 15 is 0 Å². The summed E-state index contributed by atoms with van der Waals surface area (Å²) in [7, 11) is 0. The summed E-state index contributed by atoms with van der Waals surface area (Å²) >= 11 is 0. The smallest absolute Gasteiger partial charge is 0.330 e. The lowest BCUT2D eigenvalue weighted by Crippen LogP contribution is -2.53. The van der Waals surface area contributed by atoms with E-state index in [4.69, 9.17) is 0 Å². The third kappa shape index (κ3) is 4.22. The number of amides is 2. The third-order valence-corrected chi connectivity index (χ3v) is 4.52. The van der Waals surface area contributed by atoms with Crippen LogP contribution in [0.15, 0.2) is 30.3 Å². The molecule has 1 aliphatic carbocycles. The summed E-state index contributed by atoms with van der Waals surface area (Å²) in [5.74, 6) is -0.193. The number of urea groups is 1. The SMILES string of the molecule is O=C(O)[C@H](NC(=O)N1CCN(CC2CC2)CC1)c1ccccc1. The van der Waals surface area contributed by atoms with Crippen LogP contribution in [0.2, 0.25) is 0 Å². The van der Waals surface area contributed by atoms with E-state index in [2.05, 4.69) is 10.2 Å². The lowest BCUT2D eigenvalue weighted by Gasteiger charge is -2.35. The van der Waals surface area contributed by atoms with Crippen LogP contribution in [0.25, 0.3) is 0 Å². The van der Waals surface area contributed by atoms with Gasteiger partial charge in [0.15, 0.2) is 6.04 Å². The van der Waals surface area contributed by atoms with Crippen LogP contribution in [0.5, 0.6) is 0 Å². The van der Waals surface area contributed by atoms with Crippen molar-refractivity contribution < 1.29 is 14.7 Å². The van der Waals surface area contributed by atoms with Gasteiger partial charge in [-0.1, -0.05) is 30.3 Å². The van der Waals surface area contributed by atoms with Crippen LogP contribution in [0.3, 0.4) is 0 Å². The number of nitrogens with one attached hydrogen (secondary N) is 1. The van der Waals surface area contributed by atoms with Gasteiger partial charge in [0.2, 0.25) is 0 Å². The van der Waals surface area contributed by atoms with Gasteiger partial charge in [-0.25, -0.2) is 9.59 Å². The normalized spacial score (nSPS) is 20.1. The highest BCUT2D eigenvalue weighted by Crippen LogP contribution is 2.29. The summed E-state index contributed by atoms with van der Waals surface area (Å²) in [6.45, 7) is 4.18. The third-order valence-electron chi connectivity index (χ3n) is 4.52. The second kappa shape index (κ2) is 7.00. The van der Waals surface area contributed by atoms with Crippen molar-refractivity contribution in [3.8, 4) is 0 Å². The number of carboxylic acids is 1. The van der Waals surface area contributed by atoms with Crippen molar-refractivity contribution in [3.63, 3.8) is 0 Å². The first-order chi connectivity index (χ1) is 11.1. The average molecular weight is 317 g/mol. The van der Waals surface area contributed by atoms with Gasteiger partial charge in [0.1, 0.15) is 0 Å². The van der Waals surface area contributed by atoms with Crippen LogP contribution in [0.1, 0.15) is 24.4 Å². The Labute approximate surface area is 136 Å². The van der Waals surface area contributed by atoms with E-state index in [1.807, 2.05) is 6.07 Å². The van der Waals surface area contributed by atoms with Gasteiger partial charge < -0.3 is 15.3 Å². The van der Waals surface area contributed by atoms with Crippen LogP contribution in [0.4, 0.5) is 4.79 Å². The fourth-order valence-corrected chi connectivity index (χ4v) is 2.95. The maximum absolute atomic E-state index is 12.4. The first kappa shape index (κ1) is 15.8. The minimum Gasteiger partial charge on any atom is -0.479 e. The Morgan fingerprint density at radius 2 is 1.78 bits per heavy atom. The van der Waals surface area contributed by atoms with E-state index in [-0.39, 0.29) is 6.03 Å². The molecule has 2 N–H and O–H groups in total. The van der Waals surface area contributed by atoms with Crippen LogP contribution in [-0.2, 0) is 4.79 Å². The van der Waals surface area contributed by atoms with Crippen molar-refractivity contribution in [2.45, 2.75) is 18.9 Å². The van der Waals surface area contributed by atoms with E-state index in [1.165, 1.54) is 12.8 Å². The molecule has 0 aromatic heterocycles. The standard InChI is InChI=1S/C17H23N3O3/c21-16(22)15(14-4-2-1-3-5-14)18-17(23)20-10-8-19(9-11-20)12-13-6-7-13/h1-5,13,15H,6-12H2,(H,18,23)(H,21,22)/t15-/m1/s1. The number of rotatable bonds is 5. The summed E-state index contributed by atoms with van der Waals surface area (Å²) < 4.78 is 0. The quantitative estimate of drug-likeness (QED) is 0.864. The zero-order valence-electron chi connectivity index (χ0n) is 13.1. The van der Waals surface area contributed by atoms with Gasteiger partial charge in [-0.2, -0.15) is 0 Å². The highest BCUT2D eigenvalue weighted by atomic mass is 16.4. The lowest BCUT2D eigenvalue weighted by atomic mass is 10.1. The van der Waals surface area contributed by atoms with E-state index in [0.717, 1.165) is 25.6 Å². The van der Waals surface area contributed by atoms with Crippen LogP contribution in [-0.4, -0.2) is 59.6 Å². The van der Waals surface area contributed by atoms with Crippen molar-refractivity contribution in [2.75, 3.05) is 32.7 Å². The molecule has 124 valence electrons. The number of carbonyl (C=O) groups is 2. The van der Waals surface area contributed by atoms with E-state index < -0.39 is 12.0 Å². The topological polar surface area (TPSA) is 72.9 Å². The Bertz CT molecular complexity index is 551. The largest absolute Gasteiger partial charge is 0.479 e. The maximum atomic E-state index is 12.4. The molecule has 0 spiro atoms. The molecule has 2 aliphatic rings. The fourth-order valence-electron chi connectivity index (χ4n) is 2.95. The number of hydrogen-bond donors (Lipinski definition) is 2. The van der Waals surface area contributed by atoms with Gasteiger partial charge in [-0.05, 0) is 24.3 Å². The number of carbonyl (C=O) groups excluding carboxylic acids is 1. The predicted molar refractivity (Wildman–Crippen MR) is 86.1 cm³/mol. The molecule has 1 aromatic rings. The molecule has 1 atom stereocenters. The fraction of sp³-hybridized carbons (Fsp3) is 0.529. The first-order valence-corrected chi connectivity index (χ1v) is 8.19. The second-order valence-electron chi connectivity index (χ2n) is 6.36. The van der Waals surface area contributed by atoms with Crippen LogP contribution in [0, 0.1) is 5.92 Å². The minimum atomic E-state index is -1.04. The van der Waals surface area contributed by atoms with Crippen molar-refractivity contribution in [1.29, 1.82) is 0 Å². The molecular formula is C17H23N3O3. The molecule has 2 fully saturated rings. The van der Waals surface area contributed by atoms with Crippen molar-refractivity contribution in [2.24, 2.45) is 5.92 Å². The molecule has 3 rings (SSSR count). The second-order valence-corrected chi connectivity index (χ2v) is 6.36. The van der Waals surface area contributed by atoms with Crippen LogP contribution < -0.4 is 5.32 Å². The number of hydrogen-bond acceptors (Lipinski definition) is 3. The van der Waals surface area contributed by atoms with Gasteiger partial charge >= 0.3 is 12.0 Å². The van der Waals surface area contributed by atoms with Crippen molar-refractivity contribution in [1.82, 2.24) is 15.1 Å². The summed E-state index contributed by atoms with van der Waals surface area (Å²) in [6, 6.07) is 7.49. The Hall–Kier alpha value is -2.08. The van der Waals surface area contributed by atoms with Gasteiger partial charge in [0.05, 0.1) is 0 Å². The summed E-state index contributed by atoms with van der Waals surface area (Å²) in [4.78, 5) is 27.9. The zero-order chi connectivity index (χ0) is 16.2. The molecule has 0 radical (unpaired) electrons. The van der Waals surface area contributed by atoms with Gasteiger partial charge in [0.25, 0.3) is 0 Å². The minimum absolute atomic E-state index is 0.299. The molecule has 0 bridgehead atoms. The summed E-state index contributed by atoms with van der Waals surface area (Å²) in [6.07, 6.45) is 2.66. The number of aliphatic carboxylic acids is 1. The number of benzene rings is 1. The van der Waals surface area contributed by atoms with Gasteiger partial charge in [-0.15, -0.1) is 0 Å². The van der Waals surface area contributed by atoms with Crippen molar-refractivity contribution in [3.05, 3.63) is 35.9 Å². The number of nitrogens with zero attached hydrogens (tertiary/aromatic N) is 2. The van der Waals surface area contributed by atoms with Gasteiger partial charge in [-0.3, -0.25) is 4.90 Å². The Kier molecular flexibility index (Phi) is 4.81. The molecule has 6 heteroatoms. The molecular weight excluding hydrogens is 294 g/mol. The monoisotopic (exact) mass is 317 g/mol. The van der Waals surface area contributed by atoms with E-state index in [1.54, 1.807) is 29.2 Å². The number of carboxylic acid groups (broad SMARTS) is 1. The molecule has 1 heterocycles. The molecule has 1 saturated carbocycles. The van der Waals surface area contributed by atoms with Gasteiger partial charge in [0, 0.05) is 32.7 Å². The maximum Gasteiger partial charge on any atom is 0.330 e. The molecule has 1 saturated heterocycles. The highest BCUT2D eigenvalue weighted by Gasteiger charge is 2.29. The molecule has 2 amide bonds. The molecule has 6 nitrogen and oxygen atoms in total. The zero-order valence-corrected chi connectivity index (χ0v) is 13.1. The Balaban J connectivity index is 1.54. The van der Waals surface area contributed by atoms with Crippen molar-refractivity contribution >= 4 is 12.0 Å². The van der Waals surface area contributed by atoms with E-state index in [0.29, 0.717) is 18.7 Å². The molecule has 1 aliphatic heterocycles. The summed E-state index contributed by atoms with van der Waals surface area (Å²) in [5.41, 5.74) is 0.584. The summed E-state index contributed by atoms with van der Waals surface area (Å²) in [5, 5.41) is 12.0. The number of piperazine rings is 1. The molecule has 0 unspecified atom stereocenters. The molecule has 23 heavy (non-hydrogen) atoms. The Morgan fingerprint density at radius 3 is 2.35 bits per heavy atom. The highest BCUT2D eigenvalue weighted by molar-refractivity contribution is 5.83.